The fourth-order valence-electron chi connectivity index (χ4n) is 3.78. The van der Waals surface area contributed by atoms with Crippen molar-refractivity contribution in [3.05, 3.63) is 96.3 Å². The molecule has 0 saturated carbocycles. The van der Waals surface area contributed by atoms with E-state index in [1.165, 1.54) is 0 Å². The van der Waals surface area contributed by atoms with Crippen molar-refractivity contribution in [3.63, 3.8) is 0 Å². The minimum absolute atomic E-state index is 0. The predicted octanol–water partition coefficient (Wildman–Crippen LogP) is 6.08. The number of benzene rings is 3. The van der Waals surface area contributed by atoms with Gasteiger partial charge in [0.25, 0.3) is 5.91 Å². The van der Waals surface area contributed by atoms with Crippen molar-refractivity contribution >= 4 is 81.8 Å². The van der Waals surface area contributed by atoms with Gasteiger partial charge in [0, 0.05) is 57.3 Å². The molecule has 38 heavy (non-hydrogen) atoms. The minimum atomic E-state index is -0.206. The number of fused-ring (bicyclic) bond motifs is 1. The zero-order valence-electron chi connectivity index (χ0n) is 20.3. The number of nitrogens with one attached hydrogen (secondary N) is 3. The van der Waals surface area contributed by atoms with Crippen molar-refractivity contribution in [2.24, 2.45) is 0 Å². The first-order valence-electron chi connectivity index (χ1n) is 11.2. The van der Waals surface area contributed by atoms with Crippen LogP contribution in [0, 0.1) is 6.92 Å². The van der Waals surface area contributed by atoms with Gasteiger partial charge in [0.05, 0.1) is 5.52 Å². The molecule has 2 aromatic heterocycles. The number of halogens is 2. The number of hydrogen-bond acceptors (Lipinski definition) is 8. The molecule has 5 rings (SSSR count). The maximum atomic E-state index is 12.7. The molecule has 7 N–H and O–H groups in total. The normalized spacial score (nSPS) is 10.1. The van der Waals surface area contributed by atoms with E-state index < -0.39 is 0 Å². The molecule has 194 valence electrons. The second-order valence-electron chi connectivity index (χ2n) is 8.25. The monoisotopic (exact) mass is 548 g/mol. The molecule has 0 bridgehead atoms. The van der Waals surface area contributed by atoms with E-state index in [2.05, 4.69) is 30.9 Å². The van der Waals surface area contributed by atoms with Crippen molar-refractivity contribution in [1.29, 1.82) is 0 Å². The minimum Gasteiger partial charge on any atom is -0.399 e. The van der Waals surface area contributed by atoms with E-state index in [1.54, 1.807) is 24.4 Å². The van der Waals surface area contributed by atoms with Crippen LogP contribution in [-0.4, -0.2) is 20.9 Å². The summed E-state index contributed by atoms with van der Waals surface area (Å²) in [5.41, 5.74) is 17.6. The third-order valence-electron chi connectivity index (χ3n) is 5.48. The largest absolute Gasteiger partial charge is 0.399 e. The zero-order valence-corrected chi connectivity index (χ0v) is 21.9. The lowest BCUT2D eigenvalue weighted by Gasteiger charge is -2.11. The van der Waals surface area contributed by atoms with E-state index in [0.717, 1.165) is 33.7 Å². The summed E-state index contributed by atoms with van der Waals surface area (Å²) in [6, 6.07) is 23.9. The molecule has 5 aromatic rings. The number of nitrogen functional groups attached to an aromatic ring is 2. The van der Waals surface area contributed by atoms with E-state index >= 15 is 0 Å². The Morgan fingerprint density at radius 2 is 1.42 bits per heavy atom. The van der Waals surface area contributed by atoms with Gasteiger partial charge < -0.3 is 27.4 Å². The van der Waals surface area contributed by atoms with Crippen LogP contribution in [0.25, 0.3) is 10.9 Å². The Kier molecular flexibility index (Phi) is 8.90. The summed E-state index contributed by atoms with van der Waals surface area (Å²) in [5.74, 6) is 0.589. The summed E-state index contributed by atoms with van der Waals surface area (Å²) in [6.07, 6.45) is 1.74. The fraction of sp³-hybridized carbons (Fsp3) is 0.0370. The van der Waals surface area contributed by atoms with Crippen LogP contribution in [-0.2, 0) is 0 Å². The van der Waals surface area contributed by atoms with Crippen molar-refractivity contribution in [2.75, 3.05) is 27.4 Å². The van der Waals surface area contributed by atoms with Gasteiger partial charge in [-0.1, -0.05) is 0 Å². The summed E-state index contributed by atoms with van der Waals surface area (Å²) < 4.78 is 0. The third-order valence-corrected chi connectivity index (χ3v) is 5.48. The Hall–Kier alpha value is -4.60. The van der Waals surface area contributed by atoms with Gasteiger partial charge in [-0.2, -0.15) is 4.98 Å². The Morgan fingerprint density at radius 1 is 0.763 bits per heavy atom. The number of nitrogens with zero attached hydrogens (tertiary/aromatic N) is 3. The van der Waals surface area contributed by atoms with Crippen LogP contribution in [0.2, 0.25) is 0 Å². The van der Waals surface area contributed by atoms with Crippen molar-refractivity contribution < 1.29 is 4.79 Å². The van der Waals surface area contributed by atoms with Gasteiger partial charge in [0.2, 0.25) is 5.95 Å². The Morgan fingerprint density at radius 3 is 2.13 bits per heavy atom. The Bertz CT molecular complexity index is 1540. The van der Waals surface area contributed by atoms with Gasteiger partial charge in [0.15, 0.2) is 0 Å². The molecule has 0 radical (unpaired) electrons. The topological polar surface area (TPSA) is 144 Å². The lowest BCUT2D eigenvalue weighted by molar-refractivity contribution is 0.102. The van der Waals surface area contributed by atoms with Crippen LogP contribution in [0.4, 0.5) is 40.2 Å². The van der Waals surface area contributed by atoms with Gasteiger partial charge in [-0.15, -0.1) is 24.8 Å². The molecule has 0 aliphatic carbocycles. The second kappa shape index (κ2) is 12.1. The molecule has 0 saturated heterocycles. The van der Waals surface area contributed by atoms with E-state index in [4.69, 9.17) is 11.5 Å². The molecule has 0 atom stereocenters. The molecule has 0 fully saturated rings. The number of carbonyl (C=O) groups is 1. The van der Waals surface area contributed by atoms with Crippen LogP contribution < -0.4 is 27.4 Å². The highest BCUT2D eigenvalue weighted by molar-refractivity contribution is 6.04. The highest BCUT2D eigenvalue weighted by atomic mass is 35.5. The van der Waals surface area contributed by atoms with Crippen LogP contribution in [0.3, 0.4) is 0 Å². The second-order valence-corrected chi connectivity index (χ2v) is 8.25. The number of amides is 1. The van der Waals surface area contributed by atoms with Crippen LogP contribution >= 0.6 is 24.8 Å². The molecule has 0 unspecified atom stereocenters. The van der Waals surface area contributed by atoms with Gasteiger partial charge >= 0.3 is 0 Å². The number of pyridine rings is 1. The standard InChI is InChI=1S/C27H24N8O.2ClH/c1-16-14-25(35-27(29)31-16)33-20-5-2-17(3-6-20)26(36)34-21-9-7-19(8-10-21)32-23-12-13-30-24-15-18(28)4-11-22(23)24;;/h2-15H,28H2,1H3,(H,30,32)(H,34,36)(H3,29,31,33,35);2*1H. The molecule has 0 aliphatic heterocycles. The first-order chi connectivity index (χ1) is 17.4. The smallest absolute Gasteiger partial charge is 0.255 e. The maximum Gasteiger partial charge on any atom is 0.255 e. The average Bonchev–Trinajstić information content (AvgIpc) is 2.85. The van der Waals surface area contributed by atoms with E-state index in [1.807, 2.05) is 67.6 Å². The van der Waals surface area contributed by atoms with Crippen LogP contribution in [0.15, 0.2) is 85.1 Å². The highest BCUT2D eigenvalue weighted by Gasteiger charge is 2.08. The summed E-state index contributed by atoms with van der Waals surface area (Å²) in [4.78, 5) is 25.3. The van der Waals surface area contributed by atoms with Gasteiger partial charge in [-0.3, -0.25) is 9.78 Å². The Balaban J connectivity index is 0.00000200. The van der Waals surface area contributed by atoms with Crippen LogP contribution in [0.5, 0.6) is 0 Å². The molecule has 0 aliphatic rings. The molecule has 11 heteroatoms. The maximum absolute atomic E-state index is 12.7. The van der Waals surface area contributed by atoms with Gasteiger partial charge in [0.1, 0.15) is 5.82 Å². The summed E-state index contributed by atoms with van der Waals surface area (Å²) in [5, 5.41) is 10.4. The van der Waals surface area contributed by atoms with Gasteiger partial charge in [-0.25, -0.2) is 4.98 Å². The highest BCUT2D eigenvalue weighted by Crippen LogP contribution is 2.27. The third kappa shape index (κ3) is 6.58. The molecular weight excluding hydrogens is 523 g/mol. The van der Waals surface area contributed by atoms with Crippen LogP contribution in [0.1, 0.15) is 16.1 Å². The van der Waals surface area contributed by atoms with E-state index in [0.29, 0.717) is 22.8 Å². The molecule has 0 spiro atoms. The molecule has 1 amide bonds. The number of rotatable bonds is 6. The summed E-state index contributed by atoms with van der Waals surface area (Å²) >= 11 is 0. The fourth-order valence-corrected chi connectivity index (χ4v) is 3.78. The number of aryl methyl sites for hydroxylation is 1. The number of nitrogens with two attached hydrogens (primary N) is 2. The van der Waals surface area contributed by atoms with E-state index in [9.17, 15) is 4.79 Å². The number of anilines is 7. The van der Waals surface area contributed by atoms with Crippen molar-refractivity contribution in [1.82, 2.24) is 15.0 Å². The zero-order chi connectivity index (χ0) is 25.1. The lowest BCUT2D eigenvalue weighted by atomic mass is 10.1. The SMILES string of the molecule is Cc1cc(Nc2ccc(C(=O)Nc3ccc(Nc4ccnc5cc(N)ccc45)cc3)cc2)nc(N)n1.Cl.Cl. The van der Waals surface area contributed by atoms with Crippen molar-refractivity contribution in [2.45, 2.75) is 6.92 Å². The number of carbonyl (C=O) groups excluding carboxylic acids is 1. The summed E-state index contributed by atoms with van der Waals surface area (Å²) in [7, 11) is 0. The predicted molar refractivity (Wildman–Crippen MR) is 159 cm³/mol. The number of hydrogen-bond donors (Lipinski definition) is 5. The molecule has 2 heterocycles. The Labute approximate surface area is 231 Å². The molecule has 9 nitrogen and oxygen atoms in total. The number of aromatic nitrogens is 3. The average molecular weight is 549 g/mol. The first kappa shape index (κ1) is 28.0. The molecule has 3 aromatic carbocycles. The quantitative estimate of drug-likeness (QED) is 0.160. The lowest BCUT2D eigenvalue weighted by Crippen LogP contribution is -2.11. The van der Waals surface area contributed by atoms with E-state index in [-0.39, 0.29) is 36.7 Å². The summed E-state index contributed by atoms with van der Waals surface area (Å²) in [6.45, 7) is 1.84. The molecular formula is C27H26Cl2N8O. The van der Waals surface area contributed by atoms with Gasteiger partial charge in [-0.05, 0) is 79.7 Å². The van der Waals surface area contributed by atoms with Crippen molar-refractivity contribution in [3.8, 4) is 0 Å². The first-order valence-corrected chi connectivity index (χ1v) is 11.2.